The van der Waals surface area contributed by atoms with Crippen molar-refractivity contribution in [2.45, 2.75) is 10.9 Å². The van der Waals surface area contributed by atoms with Gasteiger partial charge in [-0.1, -0.05) is 53.7 Å². The molecule has 7 nitrogen and oxygen atoms in total. The number of fused-ring (bicyclic) bond motifs is 1. The second kappa shape index (κ2) is 9.09. The lowest BCUT2D eigenvalue weighted by Crippen LogP contribution is -2.22. The monoisotopic (exact) mass is 476 g/mol. The molecule has 0 bridgehead atoms. The van der Waals surface area contributed by atoms with E-state index < -0.39 is 0 Å². The van der Waals surface area contributed by atoms with Gasteiger partial charge in [0.1, 0.15) is 5.75 Å². The molecule has 0 spiro atoms. The number of aromatic nitrogens is 4. The van der Waals surface area contributed by atoms with Crippen LogP contribution in [0, 0.1) is 0 Å². The molecule has 0 saturated carbocycles. The molecule has 0 atom stereocenters. The number of ether oxygens (including phenoxy) is 1. The lowest BCUT2D eigenvalue weighted by atomic mass is 10.2. The standard InChI is InChI=1S/C24H17ClN4O3S/c1-31-20-10-6-5-9-19(20)29-23(30)17-12-11-16(25)13-18(17)26-24(29)33-14-21-27-28-22(32-21)15-7-3-2-4-8-15/h2-13H,14H2,1H3. The fraction of sp³-hybridized carbons (Fsp3) is 0.0833. The molecule has 0 aliphatic rings. The molecule has 164 valence electrons. The molecule has 2 aromatic heterocycles. The number of para-hydroxylation sites is 2. The summed E-state index contributed by atoms with van der Waals surface area (Å²) in [5, 5.41) is 9.69. The Balaban J connectivity index is 1.57. The average molecular weight is 477 g/mol. The van der Waals surface area contributed by atoms with Gasteiger partial charge < -0.3 is 9.15 Å². The molecular weight excluding hydrogens is 460 g/mol. The third kappa shape index (κ3) is 4.22. The van der Waals surface area contributed by atoms with Crippen molar-refractivity contribution in [2.24, 2.45) is 0 Å². The minimum atomic E-state index is -0.223. The molecule has 0 aliphatic heterocycles. The van der Waals surface area contributed by atoms with Crippen LogP contribution in [0.4, 0.5) is 0 Å². The van der Waals surface area contributed by atoms with Gasteiger partial charge in [0, 0.05) is 10.6 Å². The Hall–Kier alpha value is -3.62. The van der Waals surface area contributed by atoms with E-state index in [-0.39, 0.29) is 5.56 Å². The van der Waals surface area contributed by atoms with E-state index in [1.807, 2.05) is 48.5 Å². The minimum Gasteiger partial charge on any atom is -0.495 e. The molecular formula is C24H17ClN4O3S. The summed E-state index contributed by atoms with van der Waals surface area (Å²) in [6.07, 6.45) is 0. The van der Waals surface area contributed by atoms with Crippen LogP contribution < -0.4 is 10.3 Å². The Kier molecular flexibility index (Phi) is 5.85. The van der Waals surface area contributed by atoms with E-state index in [1.165, 1.54) is 16.3 Å². The summed E-state index contributed by atoms with van der Waals surface area (Å²) in [6.45, 7) is 0. The number of nitrogens with zero attached hydrogens (tertiary/aromatic N) is 4. The summed E-state index contributed by atoms with van der Waals surface area (Å²) in [7, 11) is 1.56. The zero-order valence-electron chi connectivity index (χ0n) is 17.4. The average Bonchev–Trinajstić information content (AvgIpc) is 3.32. The lowest BCUT2D eigenvalue weighted by molar-refractivity contribution is 0.411. The first kappa shape index (κ1) is 21.2. The van der Waals surface area contributed by atoms with Gasteiger partial charge in [-0.05, 0) is 42.5 Å². The van der Waals surface area contributed by atoms with Crippen LogP contribution in [0.5, 0.6) is 5.75 Å². The maximum atomic E-state index is 13.5. The van der Waals surface area contributed by atoms with Crippen molar-refractivity contribution in [3.63, 3.8) is 0 Å². The molecule has 2 heterocycles. The van der Waals surface area contributed by atoms with Crippen molar-refractivity contribution in [3.8, 4) is 22.9 Å². The Morgan fingerprint density at radius 3 is 2.64 bits per heavy atom. The lowest BCUT2D eigenvalue weighted by Gasteiger charge is -2.15. The first-order valence-electron chi connectivity index (χ1n) is 10.0. The fourth-order valence-corrected chi connectivity index (χ4v) is 4.41. The van der Waals surface area contributed by atoms with Crippen LogP contribution in [0.25, 0.3) is 28.0 Å². The van der Waals surface area contributed by atoms with Crippen LogP contribution in [-0.4, -0.2) is 26.9 Å². The van der Waals surface area contributed by atoms with E-state index in [9.17, 15) is 4.79 Å². The minimum absolute atomic E-state index is 0.223. The van der Waals surface area contributed by atoms with Gasteiger partial charge in [0.05, 0.1) is 29.5 Å². The predicted molar refractivity (Wildman–Crippen MR) is 128 cm³/mol. The molecule has 0 amide bonds. The van der Waals surface area contributed by atoms with Crippen LogP contribution >= 0.6 is 23.4 Å². The zero-order valence-corrected chi connectivity index (χ0v) is 19.0. The SMILES string of the molecule is COc1ccccc1-n1c(SCc2nnc(-c3ccccc3)o2)nc2cc(Cl)ccc2c1=O. The molecule has 0 fully saturated rings. The second-order valence-electron chi connectivity index (χ2n) is 7.02. The van der Waals surface area contributed by atoms with E-state index in [0.717, 1.165) is 5.56 Å². The van der Waals surface area contributed by atoms with Gasteiger partial charge in [-0.2, -0.15) is 0 Å². The van der Waals surface area contributed by atoms with Crippen LogP contribution in [0.2, 0.25) is 5.02 Å². The molecule has 0 N–H and O–H groups in total. The van der Waals surface area contributed by atoms with E-state index in [1.54, 1.807) is 31.4 Å². The highest BCUT2D eigenvalue weighted by Crippen LogP contribution is 2.29. The summed E-state index contributed by atoms with van der Waals surface area (Å²) in [5.74, 6) is 1.74. The number of rotatable bonds is 6. The van der Waals surface area contributed by atoms with Gasteiger partial charge in [-0.15, -0.1) is 10.2 Å². The largest absolute Gasteiger partial charge is 0.495 e. The molecule has 0 radical (unpaired) electrons. The normalized spacial score (nSPS) is 11.1. The number of hydrogen-bond acceptors (Lipinski definition) is 7. The van der Waals surface area contributed by atoms with Gasteiger partial charge in [0.2, 0.25) is 11.8 Å². The smallest absolute Gasteiger partial charge is 0.266 e. The van der Waals surface area contributed by atoms with Gasteiger partial charge in [-0.25, -0.2) is 4.98 Å². The number of methoxy groups -OCH3 is 1. The summed E-state index contributed by atoms with van der Waals surface area (Å²) >= 11 is 7.47. The third-order valence-corrected chi connectivity index (χ3v) is 6.10. The highest BCUT2D eigenvalue weighted by atomic mass is 35.5. The highest BCUT2D eigenvalue weighted by molar-refractivity contribution is 7.98. The maximum absolute atomic E-state index is 13.5. The van der Waals surface area contributed by atoms with Crippen molar-refractivity contribution in [1.29, 1.82) is 0 Å². The topological polar surface area (TPSA) is 83.0 Å². The Morgan fingerprint density at radius 2 is 1.82 bits per heavy atom. The van der Waals surface area contributed by atoms with Gasteiger partial charge in [0.15, 0.2) is 5.16 Å². The van der Waals surface area contributed by atoms with Crippen molar-refractivity contribution >= 4 is 34.3 Å². The molecule has 5 aromatic rings. The van der Waals surface area contributed by atoms with Crippen LogP contribution in [-0.2, 0) is 5.75 Å². The van der Waals surface area contributed by atoms with E-state index in [2.05, 4.69) is 10.2 Å². The number of benzene rings is 3. The predicted octanol–water partition coefficient (Wildman–Crippen LogP) is 5.39. The van der Waals surface area contributed by atoms with E-state index in [4.69, 9.17) is 25.7 Å². The van der Waals surface area contributed by atoms with Crippen molar-refractivity contribution in [2.75, 3.05) is 7.11 Å². The van der Waals surface area contributed by atoms with Crippen molar-refractivity contribution in [3.05, 3.63) is 94.1 Å². The van der Waals surface area contributed by atoms with Crippen molar-refractivity contribution < 1.29 is 9.15 Å². The molecule has 3 aromatic carbocycles. The van der Waals surface area contributed by atoms with E-state index >= 15 is 0 Å². The quantitative estimate of drug-likeness (QED) is 0.240. The Morgan fingerprint density at radius 1 is 1.03 bits per heavy atom. The highest BCUT2D eigenvalue weighted by Gasteiger charge is 2.18. The van der Waals surface area contributed by atoms with Gasteiger partial charge in [0.25, 0.3) is 5.56 Å². The summed E-state index contributed by atoms with van der Waals surface area (Å²) in [6, 6.07) is 21.9. The van der Waals surface area contributed by atoms with Gasteiger partial charge in [-0.3, -0.25) is 9.36 Å². The summed E-state index contributed by atoms with van der Waals surface area (Å²) in [5.41, 5.74) is 1.72. The molecule has 33 heavy (non-hydrogen) atoms. The first-order valence-corrected chi connectivity index (χ1v) is 11.4. The second-order valence-corrected chi connectivity index (χ2v) is 8.40. The summed E-state index contributed by atoms with van der Waals surface area (Å²) < 4.78 is 12.8. The Labute approximate surface area is 198 Å². The molecule has 5 rings (SSSR count). The van der Waals surface area contributed by atoms with Crippen LogP contribution in [0.3, 0.4) is 0 Å². The van der Waals surface area contributed by atoms with Crippen LogP contribution in [0.15, 0.2) is 87.2 Å². The zero-order chi connectivity index (χ0) is 22.8. The number of thioether (sulfide) groups is 1. The third-order valence-electron chi connectivity index (χ3n) is 4.94. The van der Waals surface area contributed by atoms with Gasteiger partial charge >= 0.3 is 0 Å². The van der Waals surface area contributed by atoms with Crippen molar-refractivity contribution in [1.82, 2.24) is 19.7 Å². The maximum Gasteiger partial charge on any atom is 0.266 e. The van der Waals surface area contributed by atoms with E-state index in [0.29, 0.717) is 50.1 Å². The molecule has 9 heteroatoms. The number of halogens is 1. The van der Waals surface area contributed by atoms with Crippen LogP contribution in [0.1, 0.15) is 5.89 Å². The Bertz CT molecular complexity index is 1500. The molecule has 0 saturated heterocycles. The first-order chi connectivity index (χ1) is 16.1. The molecule has 0 aliphatic carbocycles. The molecule has 0 unspecified atom stereocenters. The number of hydrogen-bond donors (Lipinski definition) is 0. The fourth-order valence-electron chi connectivity index (χ4n) is 3.40. The summed E-state index contributed by atoms with van der Waals surface area (Å²) in [4.78, 5) is 18.2.